The van der Waals surface area contributed by atoms with Crippen LogP contribution in [0.25, 0.3) is 0 Å². The number of hydrogen-bond acceptors (Lipinski definition) is 0. The molecule has 0 aromatic heterocycles. The number of rotatable bonds is 7. The average molecular weight is 301 g/mol. The van der Waals surface area contributed by atoms with Gasteiger partial charge >= 0.3 is 0 Å². The second kappa shape index (κ2) is 10.1. The van der Waals surface area contributed by atoms with Crippen LogP contribution in [0.1, 0.15) is 77.6 Å². The summed E-state index contributed by atoms with van der Waals surface area (Å²) in [6.07, 6.45) is 27.1. The van der Waals surface area contributed by atoms with Crippen molar-refractivity contribution in [1.82, 2.24) is 0 Å². The molecule has 0 amide bonds. The summed E-state index contributed by atoms with van der Waals surface area (Å²) in [4.78, 5) is 0. The van der Waals surface area contributed by atoms with Crippen LogP contribution in [-0.4, -0.2) is 0 Å². The first-order chi connectivity index (χ1) is 10.8. The van der Waals surface area contributed by atoms with Gasteiger partial charge in [0.25, 0.3) is 0 Å². The highest BCUT2D eigenvalue weighted by molar-refractivity contribution is 4.95. The third kappa shape index (κ3) is 6.15. The van der Waals surface area contributed by atoms with Crippen molar-refractivity contribution in [2.45, 2.75) is 77.6 Å². The lowest BCUT2D eigenvalue weighted by Gasteiger charge is -2.27. The van der Waals surface area contributed by atoms with E-state index in [1.54, 1.807) is 0 Å². The molecule has 0 N–H and O–H groups in total. The largest absolute Gasteiger partial charge is 0.103 e. The molecule has 0 aromatic carbocycles. The van der Waals surface area contributed by atoms with Gasteiger partial charge in [0.05, 0.1) is 0 Å². The Bertz CT molecular complexity index is 346. The smallest absolute Gasteiger partial charge is 0.0233 e. The first-order valence-electron chi connectivity index (χ1n) is 9.72. The lowest BCUT2D eigenvalue weighted by molar-refractivity contribution is 0.266. The molecule has 0 aliphatic heterocycles. The molecular weight excluding hydrogens is 264 g/mol. The fourth-order valence-corrected chi connectivity index (χ4v) is 4.41. The van der Waals surface area contributed by atoms with Gasteiger partial charge in [0.15, 0.2) is 0 Å². The number of allylic oxidation sites excluding steroid dienone is 5. The normalized spacial score (nSPS) is 33.5. The van der Waals surface area contributed by atoms with Crippen molar-refractivity contribution in [2.75, 3.05) is 0 Å². The highest BCUT2D eigenvalue weighted by atomic mass is 14.3. The monoisotopic (exact) mass is 300 g/mol. The quantitative estimate of drug-likeness (QED) is 0.440. The van der Waals surface area contributed by atoms with Crippen LogP contribution in [0.5, 0.6) is 0 Å². The topological polar surface area (TPSA) is 0 Å². The lowest BCUT2D eigenvalue weighted by atomic mass is 9.78. The molecule has 0 spiro atoms. The van der Waals surface area contributed by atoms with Gasteiger partial charge in [-0.2, -0.15) is 0 Å². The zero-order valence-corrected chi connectivity index (χ0v) is 14.7. The Labute approximate surface area is 138 Å². The van der Waals surface area contributed by atoms with Gasteiger partial charge in [-0.15, -0.1) is 6.58 Å². The molecule has 0 saturated heterocycles. The van der Waals surface area contributed by atoms with E-state index in [2.05, 4.69) is 43.9 Å². The van der Waals surface area contributed by atoms with E-state index in [9.17, 15) is 0 Å². The molecule has 2 rings (SSSR count). The molecule has 0 heterocycles. The van der Waals surface area contributed by atoms with Crippen molar-refractivity contribution in [3.05, 3.63) is 37.0 Å². The SMILES string of the molecule is C=CCC1CCC(CC/C=C/C2CCC(/C=C/C)CC2)CC1. The lowest BCUT2D eigenvalue weighted by Crippen LogP contribution is -2.14. The van der Waals surface area contributed by atoms with E-state index in [4.69, 9.17) is 0 Å². The Morgan fingerprint density at radius 2 is 1.41 bits per heavy atom. The zero-order chi connectivity index (χ0) is 15.6. The average Bonchev–Trinajstić information content (AvgIpc) is 2.55. The summed E-state index contributed by atoms with van der Waals surface area (Å²) in [6.45, 7) is 6.03. The molecule has 2 aliphatic rings. The van der Waals surface area contributed by atoms with Gasteiger partial charge < -0.3 is 0 Å². The van der Waals surface area contributed by atoms with E-state index >= 15 is 0 Å². The van der Waals surface area contributed by atoms with E-state index in [-0.39, 0.29) is 0 Å². The van der Waals surface area contributed by atoms with Crippen LogP contribution in [0.3, 0.4) is 0 Å². The van der Waals surface area contributed by atoms with E-state index in [0.717, 1.165) is 23.7 Å². The highest BCUT2D eigenvalue weighted by Gasteiger charge is 2.20. The van der Waals surface area contributed by atoms with Crippen molar-refractivity contribution >= 4 is 0 Å². The molecule has 0 atom stereocenters. The van der Waals surface area contributed by atoms with Crippen LogP contribution in [0.15, 0.2) is 37.0 Å². The fraction of sp³-hybridized carbons (Fsp3) is 0.727. The van der Waals surface area contributed by atoms with Crippen molar-refractivity contribution in [3.63, 3.8) is 0 Å². The molecule has 2 aliphatic carbocycles. The van der Waals surface area contributed by atoms with Gasteiger partial charge in [-0.3, -0.25) is 0 Å². The van der Waals surface area contributed by atoms with Crippen molar-refractivity contribution in [2.24, 2.45) is 23.7 Å². The maximum atomic E-state index is 3.88. The van der Waals surface area contributed by atoms with Gasteiger partial charge in [-0.1, -0.05) is 43.2 Å². The third-order valence-corrected chi connectivity index (χ3v) is 5.90. The predicted molar refractivity (Wildman–Crippen MR) is 98.9 cm³/mol. The summed E-state index contributed by atoms with van der Waals surface area (Å²) in [5, 5.41) is 0. The Morgan fingerprint density at radius 1 is 0.818 bits per heavy atom. The molecule has 0 nitrogen and oxygen atoms in total. The van der Waals surface area contributed by atoms with E-state index in [1.165, 1.54) is 70.6 Å². The Balaban J connectivity index is 1.56. The Morgan fingerprint density at radius 3 is 2.00 bits per heavy atom. The van der Waals surface area contributed by atoms with Crippen molar-refractivity contribution in [3.8, 4) is 0 Å². The summed E-state index contributed by atoms with van der Waals surface area (Å²) in [7, 11) is 0. The maximum Gasteiger partial charge on any atom is -0.0233 e. The minimum atomic E-state index is 0.861. The first kappa shape index (κ1) is 17.6. The van der Waals surface area contributed by atoms with Gasteiger partial charge in [-0.05, 0) is 88.4 Å². The summed E-state index contributed by atoms with van der Waals surface area (Å²) in [5.74, 6) is 3.66. The van der Waals surface area contributed by atoms with Crippen LogP contribution < -0.4 is 0 Å². The van der Waals surface area contributed by atoms with E-state index in [0.29, 0.717) is 0 Å². The first-order valence-corrected chi connectivity index (χ1v) is 9.72. The summed E-state index contributed by atoms with van der Waals surface area (Å²) < 4.78 is 0. The van der Waals surface area contributed by atoms with E-state index in [1.807, 2.05) is 0 Å². The summed E-state index contributed by atoms with van der Waals surface area (Å²) >= 11 is 0. The van der Waals surface area contributed by atoms with Crippen LogP contribution in [0.4, 0.5) is 0 Å². The molecule has 0 heteroatoms. The van der Waals surface area contributed by atoms with Crippen LogP contribution in [0.2, 0.25) is 0 Å². The van der Waals surface area contributed by atoms with Gasteiger partial charge in [0.1, 0.15) is 0 Å². The zero-order valence-electron chi connectivity index (χ0n) is 14.7. The van der Waals surface area contributed by atoms with Crippen LogP contribution >= 0.6 is 0 Å². The van der Waals surface area contributed by atoms with Crippen LogP contribution in [-0.2, 0) is 0 Å². The van der Waals surface area contributed by atoms with E-state index < -0.39 is 0 Å². The van der Waals surface area contributed by atoms with Gasteiger partial charge in [-0.25, -0.2) is 0 Å². The maximum absolute atomic E-state index is 3.88. The molecule has 0 bridgehead atoms. The highest BCUT2D eigenvalue weighted by Crippen LogP contribution is 2.34. The Kier molecular flexibility index (Phi) is 8.05. The molecular formula is C22H36. The Hall–Kier alpha value is -0.780. The molecule has 124 valence electrons. The number of hydrogen-bond donors (Lipinski definition) is 0. The molecule has 22 heavy (non-hydrogen) atoms. The molecule has 2 saturated carbocycles. The molecule has 0 unspecified atom stereocenters. The van der Waals surface area contributed by atoms with Gasteiger partial charge in [0, 0.05) is 0 Å². The standard InChI is InChI=1S/C22H36/c1-3-7-19-11-15-21(16-12-19)9-5-6-10-22-17-13-20(8-4-2)14-18-22/h3-4,6,8,10,19-22H,1,5,7,9,11-18H2,2H3/b8-4+,10-6+. The minimum Gasteiger partial charge on any atom is -0.103 e. The molecule has 0 aromatic rings. The predicted octanol–water partition coefficient (Wildman–Crippen LogP) is 7.09. The second-order valence-electron chi connectivity index (χ2n) is 7.62. The molecule has 2 fully saturated rings. The molecule has 0 radical (unpaired) electrons. The van der Waals surface area contributed by atoms with Crippen molar-refractivity contribution < 1.29 is 0 Å². The fourth-order valence-electron chi connectivity index (χ4n) is 4.41. The van der Waals surface area contributed by atoms with Crippen molar-refractivity contribution in [1.29, 1.82) is 0 Å². The third-order valence-electron chi connectivity index (χ3n) is 5.90. The van der Waals surface area contributed by atoms with Gasteiger partial charge in [0.2, 0.25) is 0 Å². The van der Waals surface area contributed by atoms with Crippen LogP contribution in [0, 0.1) is 23.7 Å². The minimum absolute atomic E-state index is 0.861. The second-order valence-corrected chi connectivity index (χ2v) is 7.62. The summed E-state index contributed by atoms with van der Waals surface area (Å²) in [5.41, 5.74) is 0. The summed E-state index contributed by atoms with van der Waals surface area (Å²) in [6, 6.07) is 0.